The minimum Gasteiger partial charge on any atom is -0.478 e. The largest absolute Gasteiger partial charge is 0.478 e. The highest BCUT2D eigenvalue weighted by atomic mass is 16.4. The zero-order valence-electron chi connectivity index (χ0n) is 12.1. The summed E-state index contributed by atoms with van der Waals surface area (Å²) in [6.07, 6.45) is 0.640. The molecule has 0 radical (unpaired) electrons. The zero-order valence-corrected chi connectivity index (χ0v) is 12.1. The molecule has 1 aliphatic rings. The smallest absolute Gasteiger partial charge is 0.335 e. The first-order valence-corrected chi connectivity index (χ1v) is 7.06. The topological polar surface area (TPSA) is 94.6 Å². The molecule has 0 spiro atoms. The number of aromatic nitrogens is 1. The number of aryl methyl sites for hydroxylation is 1. The van der Waals surface area contributed by atoms with Crippen molar-refractivity contribution in [2.45, 2.75) is 13.3 Å². The molecule has 0 atom stereocenters. The summed E-state index contributed by atoms with van der Waals surface area (Å²) < 4.78 is 0. The van der Waals surface area contributed by atoms with E-state index < -0.39 is 5.97 Å². The Morgan fingerprint density at radius 2 is 2.10 bits per heavy atom. The fraction of sp³-hybridized carbons (Fsp3) is 0.500. The molecule has 2 heterocycles. The Labute approximate surface area is 123 Å². The number of carboxylic acid groups (broad SMARTS) is 1. The van der Waals surface area contributed by atoms with Crippen molar-refractivity contribution in [3.8, 4) is 0 Å². The molecule has 0 aromatic carbocycles. The number of carboxylic acids is 1. The van der Waals surface area contributed by atoms with Crippen LogP contribution >= 0.6 is 0 Å². The molecule has 0 aliphatic carbocycles. The predicted molar refractivity (Wildman–Crippen MR) is 78.5 cm³/mol. The van der Waals surface area contributed by atoms with Crippen LogP contribution in [0.2, 0.25) is 0 Å². The number of anilines is 1. The van der Waals surface area contributed by atoms with Gasteiger partial charge in [-0.05, 0) is 18.6 Å². The Kier molecular flexibility index (Phi) is 5.10. The predicted octanol–water partition coefficient (Wildman–Crippen LogP) is 0.186. The number of hydrogen-bond donors (Lipinski definition) is 3. The van der Waals surface area contributed by atoms with Gasteiger partial charge in [0, 0.05) is 31.9 Å². The summed E-state index contributed by atoms with van der Waals surface area (Å²) in [5, 5.41) is 15.2. The van der Waals surface area contributed by atoms with Gasteiger partial charge in [-0.25, -0.2) is 9.78 Å². The van der Waals surface area contributed by atoms with Gasteiger partial charge in [0.25, 0.3) is 0 Å². The second-order valence-electron chi connectivity index (χ2n) is 4.88. The highest BCUT2D eigenvalue weighted by molar-refractivity contribution is 5.89. The molecule has 1 aromatic rings. The van der Waals surface area contributed by atoms with E-state index in [9.17, 15) is 9.59 Å². The number of carbonyl (C=O) groups is 2. The average molecular weight is 292 g/mol. The number of carbonyl (C=O) groups excluding carboxylic acids is 1. The van der Waals surface area contributed by atoms with Crippen LogP contribution in [0.1, 0.15) is 23.0 Å². The van der Waals surface area contributed by atoms with Gasteiger partial charge in [-0.3, -0.25) is 4.79 Å². The van der Waals surface area contributed by atoms with E-state index in [4.69, 9.17) is 5.11 Å². The third kappa shape index (κ3) is 4.16. The first kappa shape index (κ1) is 15.2. The van der Waals surface area contributed by atoms with Crippen molar-refractivity contribution in [2.75, 3.05) is 38.0 Å². The standard InChI is InChI=1S/C14H20N4O3/c1-2-11-7-10(14(20)21)8-12(17-11)16-9-13(19)18-5-3-15-4-6-18/h7-8,15H,2-6,9H2,1H3,(H,16,17)(H,20,21). The normalized spacial score (nSPS) is 14.8. The molecule has 1 saturated heterocycles. The Balaban J connectivity index is 2.00. The summed E-state index contributed by atoms with van der Waals surface area (Å²) in [6.45, 7) is 5.03. The molecule has 7 heteroatoms. The summed E-state index contributed by atoms with van der Waals surface area (Å²) >= 11 is 0. The lowest BCUT2D eigenvalue weighted by Gasteiger charge is -2.27. The molecule has 21 heavy (non-hydrogen) atoms. The second kappa shape index (κ2) is 7.03. The van der Waals surface area contributed by atoms with Crippen molar-refractivity contribution in [1.29, 1.82) is 0 Å². The Hall–Kier alpha value is -2.15. The summed E-state index contributed by atoms with van der Waals surface area (Å²) in [5.74, 6) is -0.573. The van der Waals surface area contributed by atoms with Crippen LogP contribution in [-0.4, -0.2) is 59.6 Å². The summed E-state index contributed by atoms with van der Waals surface area (Å²) in [5.41, 5.74) is 0.867. The number of amides is 1. The van der Waals surface area contributed by atoms with Gasteiger partial charge in [0.1, 0.15) is 5.82 Å². The molecular weight excluding hydrogens is 272 g/mol. The van der Waals surface area contributed by atoms with Crippen LogP contribution in [0.5, 0.6) is 0 Å². The van der Waals surface area contributed by atoms with Crippen molar-refractivity contribution >= 4 is 17.7 Å². The molecule has 2 rings (SSSR count). The van der Waals surface area contributed by atoms with Gasteiger partial charge in [0.2, 0.25) is 5.91 Å². The molecule has 7 nitrogen and oxygen atoms in total. The van der Waals surface area contributed by atoms with Crippen LogP contribution in [-0.2, 0) is 11.2 Å². The number of aromatic carboxylic acids is 1. The maximum absolute atomic E-state index is 12.0. The van der Waals surface area contributed by atoms with Crippen LogP contribution in [0.4, 0.5) is 5.82 Å². The van der Waals surface area contributed by atoms with Crippen molar-refractivity contribution < 1.29 is 14.7 Å². The molecular formula is C14H20N4O3. The van der Waals surface area contributed by atoms with Gasteiger partial charge in [-0.2, -0.15) is 0 Å². The number of nitrogens with zero attached hydrogens (tertiary/aromatic N) is 2. The van der Waals surface area contributed by atoms with Crippen LogP contribution in [0, 0.1) is 0 Å². The number of piperazine rings is 1. The molecule has 1 aliphatic heterocycles. The summed E-state index contributed by atoms with van der Waals surface area (Å²) in [4.78, 5) is 29.2. The van der Waals surface area contributed by atoms with E-state index in [-0.39, 0.29) is 18.0 Å². The molecule has 1 aromatic heterocycles. The fourth-order valence-electron chi connectivity index (χ4n) is 2.18. The van der Waals surface area contributed by atoms with Crippen LogP contribution in [0.3, 0.4) is 0 Å². The zero-order chi connectivity index (χ0) is 15.2. The van der Waals surface area contributed by atoms with Crippen LogP contribution in [0.25, 0.3) is 0 Å². The number of nitrogens with one attached hydrogen (secondary N) is 2. The lowest BCUT2D eigenvalue weighted by atomic mass is 10.2. The Morgan fingerprint density at radius 3 is 2.71 bits per heavy atom. The van der Waals surface area contributed by atoms with Crippen molar-refractivity contribution in [3.63, 3.8) is 0 Å². The van der Waals surface area contributed by atoms with Crippen LogP contribution in [0.15, 0.2) is 12.1 Å². The minimum atomic E-state index is -0.997. The van der Waals surface area contributed by atoms with Gasteiger partial charge < -0.3 is 20.6 Å². The maximum atomic E-state index is 12.0. The lowest BCUT2D eigenvalue weighted by Crippen LogP contribution is -2.48. The van der Waals surface area contributed by atoms with E-state index in [0.717, 1.165) is 13.1 Å². The van der Waals surface area contributed by atoms with Gasteiger partial charge in [-0.15, -0.1) is 0 Å². The Bertz CT molecular complexity index is 527. The maximum Gasteiger partial charge on any atom is 0.335 e. The average Bonchev–Trinajstić information content (AvgIpc) is 2.53. The molecule has 0 unspecified atom stereocenters. The van der Waals surface area contributed by atoms with Gasteiger partial charge in [-0.1, -0.05) is 6.92 Å². The fourth-order valence-corrected chi connectivity index (χ4v) is 2.18. The third-order valence-corrected chi connectivity index (χ3v) is 3.38. The molecule has 1 fully saturated rings. The highest BCUT2D eigenvalue weighted by Gasteiger charge is 2.16. The van der Waals surface area contributed by atoms with E-state index in [1.807, 2.05) is 6.92 Å². The first-order chi connectivity index (χ1) is 10.1. The van der Waals surface area contributed by atoms with E-state index in [0.29, 0.717) is 31.0 Å². The molecule has 0 saturated carbocycles. The highest BCUT2D eigenvalue weighted by Crippen LogP contribution is 2.11. The Morgan fingerprint density at radius 1 is 1.38 bits per heavy atom. The van der Waals surface area contributed by atoms with E-state index in [1.54, 1.807) is 11.0 Å². The quantitative estimate of drug-likeness (QED) is 0.717. The third-order valence-electron chi connectivity index (χ3n) is 3.38. The molecule has 3 N–H and O–H groups in total. The number of hydrogen-bond acceptors (Lipinski definition) is 5. The number of pyridine rings is 1. The first-order valence-electron chi connectivity index (χ1n) is 7.06. The summed E-state index contributed by atoms with van der Waals surface area (Å²) in [7, 11) is 0. The lowest BCUT2D eigenvalue weighted by molar-refractivity contribution is -0.129. The van der Waals surface area contributed by atoms with Crippen molar-refractivity contribution in [1.82, 2.24) is 15.2 Å². The van der Waals surface area contributed by atoms with Gasteiger partial charge in [0.05, 0.1) is 12.1 Å². The van der Waals surface area contributed by atoms with E-state index in [2.05, 4.69) is 15.6 Å². The van der Waals surface area contributed by atoms with Crippen LogP contribution < -0.4 is 10.6 Å². The monoisotopic (exact) mass is 292 g/mol. The molecule has 1 amide bonds. The van der Waals surface area contributed by atoms with Crippen molar-refractivity contribution in [2.24, 2.45) is 0 Å². The number of rotatable bonds is 5. The summed E-state index contributed by atoms with van der Waals surface area (Å²) in [6, 6.07) is 3.00. The molecule has 0 bridgehead atoms. The van der Waals surface area contributed by atoms with Gasteiger partial charge >= 0.3 is 5.97 Å². The second-order valence-corrected chi connectivity index (χ2v) is 4.88. The van der Waals surface area contributed by atoms with Gasteiger partial charge in [0.15, 0.2) is 0 Å². The molecule has 114 valence electrons. The van der Waals surface area contributed by atoms with E-state index in [1.165, 1.54) is 6.07 Å². The van der Waals surface area contributed by atoms with E-state index >= 15 is 0 Å². The SMILES string of the molecule is CCc1cc(C(=O)O)cc(NCC(=O)N2CCNCC2)n1. The minimum absolute atomic E-state index is 0.00271. The van der Waals surface area contributed by atoms with Crippen molar-refractivity contribution in [3.05, 3.63) is 23.4 Å².